The number of unbranched alkanes of at least 4 members (excludes halogenated alkanes) is 6. The molecule has 0 fully saturated rings. The average molecular weight is 294 g/mol. The lowest BCUT2D eigenvalue weighted by molar-refractivity contribution is 0.0970. The summed E-state index contributed by atoms with van der Waals surface area (Å²) in [5, 5.41) is 0. The van der Waals surface area contributed by atoms with Crippen molar-refractivity contribution in [1.82, 2.24) is 9.97 Å². The Morgan fingerprint density at radius 3 is 2.33 bits per heavy atom. The maximum atomic E-state index is 12.1. The molecule has 0 aliphatic heterocycles. The maximum Gasteiger partial charge on any atom is 0.246 e. The first-order valence-electron chi connectivity index (χ1n) is 7.71. The second-order valence-electron chi connectivity index (χ2n) is 5.06. The van der Waals surface area contributed by atoms with Crippen LogP contribution < -0.4 is 9.47 Å². The number of ether oxygens (including phenoxy) is 2. The van der Waals surface area contributed by atoms with Crippen LogP contribution >= 0.6 is 0 Å². The average Bonchev–Trinajstić information content (AvgIpc) is 2.53. The van der Waals surface area contributed by atoms with Crippen LogP contribution in [0.2, 0.25) is 0 Å². The molecule has 0 radical (unpaired) electrons. The first-order valence-corrected chi connectivity index (χ1v) is 7.71. The zero-order valence-electron chi connectivity index (χ0n) is 13.4. The van der Waals surface area contributed by atoms with Gasteiger partial charge in [0.2, 0.25) is 11.8 Å². The molecule has 0 aliphatic rings. The molecule has 118 valence electrons. The van der Waals surface area contributed by atoms with E-state index in [1.807, 2.05) is 0 Å². The topological polar surface area (TPSA) is 61.3 Å². The molecule has 5 nitrogen and oxygen atoms in total. The monoisotopic (exact) mass is 294 g/mol. The molecule has 5 heteroatoms. The lowest BCUT2D eigenvalue weighted by Gasteiger charge is -2.07. The predicted molar refractivity (Wildman–Crippen MR) is 82.1 cm³/mol. The molecular weight excluding hydrogens is 268 g/mol. The molecule has 1 aromatic rings. The summed E-state index contributed by atoms with van der Waals surface area (Å²) in [6, 6.07) is 0. The van der Waals surface area contributed by atoms with Crippen LogP contribution in [0.4, 0.5) is 0 Å². The van der Waals surface area contributed by atoms with E-state index in [4.69, 9.17) is 9.47 Å². The van der Waals surface area contributed by atoms with E-state index in [-0.39, 0.29) is 11.7 Å². The summed E-state index contributed by atoms with van der Waals surface area (Å²) in [4.78, 5) is 20.3. The molecule has 1 rings (SSSR count). The fourth-order valence-corrected chi connectivity index (χ4v) is 2.15. The number of Topliss-reactive ketones (excluding diaryl/α,β-unsaturated/α-hetero) is 1. The van der Waals surface area contributed by atoms with E-state index in [1.165, 1.54) is 52.5 Å². The summed E-state index contributed by atoms with van der Waals surface area (Å²) in [6.45, 7) is 2.21. The smallest absolute Gasteiger partial charge is 0.246 e. The molecule has 0 spiro atoms. The largest absolute Gasteiger partial charge is 0.480 e. The summed E-state index contributed by atoms with van der Waals surface area (Å²) in [5.74, 6) is 0.567. The highest BCUT2D eigenvalue weighted by atomic mass is 16.5. The first kappa shape index (κ1) is 17.4. The van der Waals surface area contributed by atoms with Crippen LogP contribution in [0, 0.1) is 0 Å². The Morgan fingerprint density at radius 1 is 1.05 bits per heavy atom. The number of carbonyl (C=O) groups excluding carboxylic acids is 1. The zero-order chi connectivity index (χ0) is 15.5. The van der Waals surface area contributed by atoms with Crippen LogP contribution in [0.1, 0.15) is 68.8 Å². The number of nitrogens with zero attached hydrogens (tertiary/aromatic N) is 2. The van der Waals surface area contributed by atoms with Gasteiger partial charge in [0.25, 0.3) is 0 Å². The predicted octanol–water partition coefficient (Wildman–Crippen LogP) is 3.82. The van der Waals surface area contributed by atoms with Crippen molar-refractivity contribution in [2.24, 2.45) is 0 Å². The van der Waals surface area contributed by atoms with Gasteiger partial charge in [-0.05, 0) is 6.42 Å². The van der Waals surface area contributed by atoms with Gasteiger partial charge in [0, 0.05) is 6.42 Å². The van der Waals surface area contributed by atoms with Crippen molar-refractivity contribution < 1.29 is 14.3 Å². The molecular formula is C16H26N2O3. The van der Waals surface area contributed by atoms with Crippen molar-refractivity contribution in [3.63, 3.8) is 0 Å². The van der Waals surface area contributed by atoms with E-state index in [0.717, 1.165) is 12.8 Å². The van der Waals surface area contributed by atoms with Crippen LogP contribution in [0.15, 0.2) is 6.20 Å². The Labute approximate surface area is 127 Å². The van der Waals surface area contributed by atoms with E-state index in [9.17, 15) is 4.79 Å². The van der Waals surface area contributed by atoms with Crippen LogP contribution in [0.5, 0.6) is 11.8 Å². The van der Waals surface area contributed by atoms with Gasteiger partial charge in [-0.15, -0.1) is 0 Å². The van der Waals surface area contributed by atoms with Crippen LogP contribution in [-0.2, 0) is 0 Å². The minimum absolute atomic E-state index is 0.0180. The first-order chi connectivity index (χ1) is 10.2. The number of hydrogen-bond donors (Lipinski definition) is 0. The summed E-state index contributed by atoms with van der Waals surface area (Å²) >= 11 is 0. The molecule has 0 amide bonds. The van der Waals surface area contributed by atoms with Gasteiger partial charge >= 0.3 is 0 Å². The second-order valence-corrected chi connectivity index (χ2v) is 5.06. The quantitative estimate of drug-likeness (QED) is 0.458. The van der Waals surface area contributed by atoms with Crippen molar-refractivity contribution >= 4 is 5.78 Å². The molecule has 0 atom stereocenters. The van der Waals surface area contributed by atoms with E-state index in [0.29, 0.717) is 18.0 Å². The summed E-state index contributed by atoms with van der Waals surface area (Å²) in [5.41, 5.74) is 0.296. The van der Waals surface area contributed by atoms with Crippen molar-refractivity contribution in [2.75, 3.05) is 14.2 Å². The Morgan fingerprint density at radius 2 is 1.71 bits per heavy atom. The third-order valence-corrected chi connectivity index (χ3v) is 3.39. The highest BCUT2D eigenvalue weighted by Crippen LogP contribution is 2.19. The number of rotatable bonds is 11. The molecule has 1 aromatic heterocycles. The molecule has 0 saturated heterocycles. The Hall–Kier alpha value is -1.65. The number of methoxy groups -OCH3 is 2. The van der Waals surface area contributed by atoms with Crippen molar-refractivity contribution in [3.05, 3.63) is 11.9 Å². The Balaban J connectivity index is 2.38. The van der Waals surface area contributed by atoms with Crippen molar-refractivity contribution in [3.8, 4) is 11.8 Å². The van der Waals surface area contributed by atoms with E-state index < -0.39 is 0 Å². The standard InChI is InChI=1S/C16H26N2O3/c1-4-5-6-7-8-9-10-11-13(19)15-16(21-3)18-14(20-2)12-17-15/h12H,4-11H2,1-3H3. The van der Waals surface area contributed by atoms with Crippen LogP contribution in [0.3, 0.4) is 0 Å². The van der Waals surface area contributed by atoms with Crippen LogP contribution in [0.25, 0.3) is 0 Å². The van der Waals surface area contributed by atoms with Crippen LogP contribution in [-0.4, -0.2) is 30.0 Å². The molecule has 0 saturated carbocycles. The Kier molecular flexibility index (Phi) is 8.40. The maximum absolute atomic E-state index is 12.1. The van der Waals surface area contributed by atoms with E-state index >= 15 is 0 Å². The number of aromatic nitrogens is 2. The molecule has 0 unspecified atom stereocenters. The molecule has 0 bridgehead atoms. The zero-order valence-corrected chi connectivity index (χ0v) is 13.4. The van der Waals surface area contributed by atoms with E-state index in [2.05, 4.69) is 16.9 Å². The summed E-state index contributed by atoms with van der Waals surface area (Å²) in [6.07, 6.45) is 10.2. The molecule has 0 aliphatic carbocycles. The normalized spacial score (nSPS) is 10.4. The number of carbonyl (C=O) groups is 1. The highest BCUT2D eigenvalue weighted by Gasteiger charge is 2.16. The van der Waals surface area contributed by atoms with Crippen molar-refractivity contribution in [2.45, 2.75) is 58.3 Å². The number of ketones is 1. The van der Waals surface area contributed by atoms with Gasteiger partial charge in [0.1, 0.15) is 0 Å². The molecule has 1 heterocycles. The van der Waals surface area contributed by atoms with Gasteiger partial charge in [-0.25, -0.2) is 4.98 Å². The lowest BCUT2D eigenvalue weighted by Crippen LogP contribution is -2.07. The fourth-order valence-electron chi connectivity index (χ4n) is 2.15. The van der Waals surface area contributed by atoms with Gasteiger partial charge in [0.05, 0.1) is 20.4 Å². The minimum Gasteiger partial charge on any atom is -0.480 e. The molecule has 0 N–H and O–H groups in total. The van der Waals surface area contributed by atoms with Crippen molar-refractivity contribution in [1.29, 1.82) is 0 Å². The van der Waals surface area contributed by atoms with E-state index in [1.54, 1.807) is 0 Å². The summed E-state index contributed by atoms with van der Waals surface area (Å²) in [7, 11) is 2.98. The molecule has 21 heavy (non-hydrogen) atoms. The number of hydrogen-bond acceptors (Lipinski definition) is 5. The Bertz CT molecular complexity index is 436. The van der Waals surface area contributed by atoms with Gasteiger partial charge in [-0.3, -0.25) is 4.79 Å². The van der Waals surface area contributed by atoms with Gasteiger partial charge in [-0.1, -0.05) is 45.4 Å². The third-order valence-electron chi connectivity index (χ3n) is 3.39. The lowest BCUT2D eigenvalue weighted by atomic mass is 10.1. The fraction of sp³-hybridized carbons (Fsp3) is 0.688. The SMILES string of the molecule is CCCCCCCCCC(=O)c1ncc(OC)nc1OC. The molecule has 0 aromatic carbocycles. The third kappa shape index (κ3) is 6.10. The minimum atomic E-state index is -0.0180. The second kappa shape index (κ2) is 10.1. The van der Waals surface area contributed by atoms with Gasteiger partial charge in [0.15, 0.2) is 11.5 Å². The highest BCUT2D eigenvalue weighted by molar-refractivity contribution is 5.96. The van der Waals surface area contributed by atoms with Gasteiger partial charge < -0.3 is 9.47 Å². The summed E-state index contributed by atoms with van der Waals surface area (Å²) < 4.78 is 10.1. The van der Waals surface area contributed by atoms with Gasteiger partial charge in [-0.2, -0.15) is 4.98 Å².